The molecule has 7 aromatic carbocycles. The number of para-hydroxylation sites is 1. The van der Waals surface area contributed by atoms with E-state index in [4.69, 9.17) is 9.97 Å². The first kappa shape index (κ1) is 25.1. The second-order valence-corrected chi connectivity index (χ2v) is 13.4. The first-order valence-corrected chi connectivity index (χ1v) is 16.6. The Balaban J connectivity index is 1.39. The molecule has 0 atom stereocenters. The minimum atomic E-state index is 0.685. The molecule has 0 N–H and O–H groups in total. The molecule has 0 bridgehead atoms. The van der Waals surface area contributed by atoms with Crippen LogP contribution in [0.15, 0.2) is 144 Å². The molecule has 0 saturated carbocycles. The maximum atomic E-state index is 5.38. The van der Waals surface area contributed by atoms with Gasteiger partial charge in [-0.2, -0.15) is 0 Å². The molecular formula is C40H23N3S2. The van der Waals surface area contributed by atoms with Gasteiger partial charge in [-0.25, -0.2) is 14.3 Å². The summed E-state index contributed by atoms with van der Waals surface area (Å²) in [6, 6.07) is 49.8. The Morgan fingerprint density at radius 3 is 2.07 bits per heavy atom. The van der Waals surface area contributed by atoms with Crippen LogP contribution in [0.1, 0.15) is 0 Å². The van der Waals surface area contributed by atoms with Crippen molar-refractivity contribution in [2.24, 2.45) is 0 Å². The summed E-state index contributed by atoms with van der Waals surface area (Å²) in [5.74, 6) is 0.685. The van der Waals surface area contributed by atoms with E-state index in [1.807, 2.05) is 11.3 Å². The third kappa shape index (κ3) is 3.65. The number of fused-ring (bicyclic) bond motifs is 13. The normalized spacial score (nSPS) is 12.8. The average molecular weight is 610 g/mol. The Hall–Kier alpha value is -5.23. The van der Waals surface area contributed by atoms with E-state index in [9.17, 15) is 0 Å². The summed E-state index contributed by atoms with van der Waals surface area (Å²) in [6.45, 7) is 0. The van der Waals surface area contributed by atoms with Crippen LogP contribution in [-0.4, -0.2) is 9.97 Å². The molecule has 10 rings (SSSR count). The zero-order chi connectivity index (χ0) is 29.5. The zero-order valence-electron chi connectivity index (χ0n) is 23.9. The predicted octanol–water partition coefficient (Wildman–Crippen LogP) is 11.8. The molecule has 3 heterocycles. The van der Waals surface area contributed by atoms with Crippen molar-refractivity contribution in [3.8, 4) is 22.4 Å². The lowest BCUT2D eigenvalue weighted by atomic mass is 9.90. The van der Waals surface area contributed by atoms with E-state index in [1.165, 1.54) is 57.7 Å². The van der Waals surface area contributed by atoms with Crippen LogP contribution >= 0.6 is 23.3 Å². The Morgan fingerprint density at radius 1 is 0.511 bits per heavy atom. The molecule has 0 fully saturated rings. The van der Waals surface area contributed by atoms with Gasteiger partial charge in [0, 0.05) is 52.5 Å². The van der Waals surface area contributed by atoms with Gasteiger partial charge in [-0.3, -0.25) is 0 Å². The summed E-state index contributed by atoms with van der Waals surface area (Å²) in [5.41, 5.74) is 6.63. The van der Waals surface area contributed by atoms with Gasteiger partial charge in [0.15, 0.2) is 0 Å². The van der Waals surface area contributed by atoms with Crippen LogP contribution in [0, 0.1) is 0 Å². The van der Waals surface area contributed by atoms with E-state index in [2.05, 4.69) is 144 Å². The average Bonchev–Trinajstić information content (AvgIpc) is 3.51. The minimum absolute atomic E-state index is 0.685. The molecule has 0 spiro atoms. The molecule has 0 radical (unpaired) electrons. The van der Waals surface area contributed by atoms with Gasteiger partial charge in [-0.1, -0.05) is 121 Å². The largest absolute Gasteiger partial charge is 0.246 e. The summed E-state index contributed by atoms with van der Waals surface area (Å²) in [4.78, 5) is 11.8. The fourth-order valence-electron chi connectivity index (χ4n) is 6.92. The van der Waals surface area contributed by atoms with Gasteiger partial charge < -0.3 is 0 Å². The Labute approximate surface area is 267 Å². The highest BCUT2D eigenvalue weighted by atomic mass is 32.2. The van der Waals surface area contributed by atoms with E-state index in [0.717, 1.165) is 27.8 Å². The van der Waals surface area contributed by atoms with Gasteiger partial charge in [0.2, 0.25) is 5.95 Å². The molecule has 2 aromatic heterocycles. The molecule has 3 nitrogen and oxygen atoms in total. The lowest BCUT2D eigenvalue weighted by Gasteiger charge is -2.33. The lowest BCUT2D eigenvalue weighted by molar-refractivity contribution is 1.17. The highest BCUT2D eigenvalue weighted by molar-refractivity contribution is 8.01. The van der Waals surface area contributed by atoms with Crippen molar-refractivity contribution in [3.63, 3.8) is 0 Å². The fourth-order valence-corrected chi connectivity index (χ4v) is 9.23. The van der Waals surface area contributed by atoms with Crippen LogP contribution in [-0.2, 0) is 0 Å². The van der Waals surface area contributed by atoms with Crippen molar-refractivity contribution in [3.05, 3.63) is 140 Å². The van der Waals surface area contributed by atoms with Crippen molar-refractivity contribution in [1.29, 1.82) is 0 Å². The molecule has 0 amide bonds. The van der Waals surface area contributed by atoms with Crippen molar-refractivity contribution in [1.82, 2.24) is 9.97 Å². The van der Waals surface area contributed by atoms with Crippen LogP contribution in [0.4, 0.5) is 11.6 Å². The summed E-state index contributed by atoms with van der Waals surface area (Å²) in [6.07, 6.45) is 0. The molecule has 0 aliphatic carbocycles. The zero-order valence-corrected chi connectivity index (χ0v) is 25.6. The Morgan fingerprint density at radius 2 is 1.20 bits per heavy atom. The van der Waals surface area contributed by atoms with Crippen LogP contribution in [0.5, 0.6) is 0 Å². The number of anilines is 2. The third-order valence-electron chi connectivity index (χ3n) is 8.86. The smallest absolute Gasteiger partial charge is 0.241 e. The summed E-state index contributed by atoms with van der Waals surface area (Å²) < 4.78 is 4.88. The number of thiophene rings is 1. The van der Waals surface area contributed by atoms with Gasteiger partial charge in [0.1, 0.15) is 0 Å². The number of benzene rings is 7. The van der Waals surface area contributed by atoms with E-state index in [-0.39, 0.29) is 0 Å². The fraction of sp³-hybridized carbons (Fsp3) is 0. The standard InChI is InChI=1S/C40H23N3S2/c1-2-13-25(14-3-1)37-29-18-8-10-20-31(29)41-40(42-37)43-38-35(34-26-15-5-4-12-24(26)22-23-33(34)45-43)27-16-6-7-17-28(27)39-36(38)30-19-9-11-21-32(30)44-39/h1-23H. The Bertz CT molecular complexity index is 2640. The molecule has 5 heteroatoms. The van der Waals surface area contributed by atoms with Gasteiger partial charge in [0.25, 0.3) is 0 Å². The lowest BCUT2D eigenvalue weighted by Crippen LogP contribution is -2.16. The number of hydrogen-bond acceptors (Lipinski definition) is 5. The Kier molecular flexibility index (Phi) is 5.38. The third-order valence-corrected chi connectivity index (χ3v) is 11.1. The van der Waals surface area contributed by atoms with Crippen LogP contribution in [0.2, 0.25) is 0 Å². The van der Waals surface area contributed by atoms with E-state index < -0.39 is 0 Å². The number of nitrogens with zero attached hydrogens (tertiary/aromatic N) is 3. The van der Waals surface area contributed by atoms with Crippen LogP contribution in [0.25, 0.3) is 75.0 Å². The number of rotatable bonds is 2. The molecule has 9 aromatic rings. The molecule has 1 aliphatic rings. The molecular weight excluding hydrogens is 587 g/mol. The van der Waals surface area contributed by atoms with Crippen LogP contribution < -0.4 is 4.31 Å². The highest BCUT2D eigenvalue weighted by Gasteiger charge is 2.33. The highest BCUT2D eigenvalue weighted by Crippen LogP contribution is 2.59. The van der Waals surface area contributed by atoms with Gasteiger partial charge in [0.05, 0.1) is 16.9 Å². The quantitative estimate of drug-likeness (QED) is 0.182. The summed E-state index contributed by atoms with van der Waals surface area (Å²) in [7, 11) is 0. The molecule has 45 heavy (non-hydrogen) atoms. The molecule has 1 aliphatic heterocycles. The number of aromatic nitrogens is 2. The summed E-state index contributed by atoms with van der Waals surface area (Å²) >= 11 is 3.60. The molecule has 0 saturated heterocycles. The van der Waals surface area contributed by atoms with Gasteiger partial charge in [-0.15, -0.1) is 11.3 Å². The second kappa shape index (κ2) is 9.63. The summed E-state index contributed by atoms with van der Waals surface area (Å²) in [5, 5.41) is 8.60. The minimum Gasteiger partial charge on any atom is -0.246 e. The number of hydrogen-bond donors (Lipinski definition) is 0. The maximum Gasteiger partial charge on any atom is 0.241 e. The molecule has 210 valence electrons. The van der Waals surface area contributed by atoms with Crippen LogP contribution in [0.3, 0.4) is 0 Å². The van der Waals surface area contributed by atoms with Gasteiger partial charge >= 0.3 is 0 Å². The SMILES string of the molecule is c1ccc(-c2nc(N3Sc4ccc5ccccc5c4-c4c3c3c5ccccc5sc3c3ccccc43)nc3ccccc23)cc1. The first-order valence-electron chi connectivity index (χ1n) is 15.0. The van der Waals surface area contributed by atoms with E-state index in [0.29, 0.717) is 5.95 Å². The maximum absolute atomic E-state index is 5.38. The molecule has 0 unspecified atom stereocenters. The van der Waals surface area contributed by atoms with Gasteiger partial charge in [-0.05, 0) is 46.3 Å². The first-order chi connectivity index (χ1) is 22.3. The van der Waals surface area contributed by atoms with Crippen molar-refractivity contribution in [2.75, 3.05) is 4.31 Å². The predicted molar refractivity (Wildman–Crippen MR) is 193 cm³/mol. The van der Waals surface area contributed by atoms with Crippen molar-refractivity contribution >= 4 is 87.5 Å². The van der Waals surface area contributed by atoms with Crippen molar-refractivity contribution in [2.45, 2.75) is 4.90 Å². The second-order valence-electron chi connectivity index (χ2n) is 11.4. The monoisotopic (exact) mass is 609 g/mol. The van der Waals surface area contributed by atoms with Crippen molar-refractivity contribution < 1.29 is 0 Å². The van der Waals surface area contributed by atoms with E-state index in [1.54, 1.807) is 11.9 Å². The topological polar surface area (TPSA) is 29.0 Å². The van der Waals surface area contributed by atoms with E-state index >= 15 is 0 Å².